The lowest BCUT2D eigenvalue weighted by atomic mass is 10.1. The molecule has 4 rings (SSSR count). The summed E-state index contributed by atoms with van der Waals surface area (Å²) in [6.45, 7) is 2.08. The van der Waals surface area contributed by atoms with Crippen molar-refractivity contribution in [1.82, 2.24) is 14.8 Å². The molecule has 0 atom stereocenters. The van der Waals surface area contributed by atoms with Crippen LogP contribution in [0.2, 0.25) is 5.02 Å². The van der Waals surface area contributed by atoms with Crippen molar-refractivity contribution in [2.24, 2.45) is 0 Å². The van der Waals surface area contributed by atoms with Gasteiger partial charge in [0.05, 0.1) is 7.11 Å². The quantitative estimate of drug-likeness (QED) is 0.347. The number of hydrogen-bond donors (Lipinski definition) is 0. The first-order chi connectivity index (χ1) is 14.2. The summed E-state index contributed by atoms with van der Waals surface area (Å²) in [5.74, 6) is 2.39. The lowest BCUT2D eigenvalue weighted by Gasteiger charge is -2.12. The Labute approximate surface area is 179 Å². The molecule has 0 bridgehead atoms. The predicted octanol–water partition coefficient (Wildman–Crippen LogP) is 6.20. The van der Waals surface area contributed by atoms with E-state index in [1.54, 1.807) is 18.9 Å². The van der Waals surface area contributed by atoms with Gasteiger partial charge in [-0.1, -0.05) is 59.8 Å². The van der Waals surface area contributed by atoms with Gasteiger partial charge >= 0.3 is 0 Å². The third kappa shape index (κ3) is 4.31. The van der Waals surface area contributed by atoms with Crippen molar-refractivity contribution < 1.29 is 4.74 Å². The van der Waals surface area contributed by atoms with Crippen LogP contribution in [-0.2, 0) is 5.75 Å². The highest BCUT2D eigenvalue weighted by Crippen LogP contribution is 2.32. The molecule has 0 spiro atoms. The summed E-state index contributed by atoms with van der Waals surface area (Å²) in [5, 5.41) is 10.6. The summed E-state index contributed by atoms with van der Waals surface area (Å²) in [5.41, 5.74) is 4.35. The molecule has 29 heavy (non-hydrogen) atoms. The second kappa shape index (κ2) is 8.72. The largest absolute Gasteiger partial charge is 0.497 e. The molecule has 4 nitrogen and oxygen atoms in total. The standard InChI is InChI=1S/C23H20ClN3OS/c1-16-6-3-4-9-21(16)22-25-26-23(29-15-17-7-5-8-18(24)14-17)27(22)19-10-12-20(28-2)13-11-19/h3-14H,15H2,1-2H3. The van der Waals surface area contributed by atoms with Crippen LogP contribution in [0, 0.1) is 6.92 Å². The summed E-state index contributed by atoms with van der Waals surface area (Å²) < 4.78 is 7.40. The molecular formula is C23H20ClN3OS. The third-order valence-electron chi connectivity index (χ3n) is 4.61. The van der Waals surface area contributed by atoms with Crippen molar-refractivity contribution in [3.8, 4) is 22.8 Å². The van der Waals surface area contributed by atoms with Crippen molar-refractivity contribution in [2.45, 2.75) is 17.8 Å². The van der Waals surface area contributed by atoms with E-state index in [4.69, 9.17) is 16.3 Å². The average Bonchev–Trinajstić information content (AvgIpc) is 3.16. The van der Waals surface area contributed by atoms with Crippen molar-refractivity contribution in [1.29, 1.82) is 0 Å². The first kappa shape index (κ1) is 19.6. The summed E-state index contributed by atoms with van der Waals surface area (Å²) in [4.78, 5) is 0. The van der Waals surface area contributed by atoms with Gasteiger partial charge in [0.25, 0.3) is 0 Å². The smallest absolute Gasteiger partial charge is 0.196 e. The number of hydrogen-bond acceptors (Lipinski definition) is 4. The molecular weight excluding hydrogens is 402 g/mol. The SMILES string of the molecule is COc1ccc(-n2c(SCc3cccc(Cl)c3)nnc2-c2ccccc2C)cc1. The van der Waals surface area contributed by atoms with Gasteiger partial charge in [0, 0.05) is 22.0 Å². The minimum absolute atomic E-state index is 0.736. The molecule has 0 saturated carbocycles. The number of rotatable bonds is 6. The molecule has 3 aromatic carbocycles. The van der Waals surface area contributed by atoms with Crippen LogP contribution in [0.25, 0.3) is 17.1 Å². The van der Waals surface area contributed by atoms with Gasteiger partial charge in [0.2, 0.25) is 0 Å². The number of methoxy groups -OCH3 is 1. The van der Waals surface area contributed by atoms with E-state index in [0.29, 0.717) is 0 Å². The van der Waals surface area contributed by atoms with Crippen LogP contribution in [0.15, 0.2) is 78.0 Å². The maximum Gasteiger partial charge on any atom is 0.196 e. The lowest BCUT2D eigenvalue weighted by Crippen LogP contribution is -2.01. The minimum atomic E-state index is 0.736. The number of benzene rings is 3. The molecule has 0 N–H and O–H groups in total. The van der Waals surface area contributed by atoms with Crippen molar-refractivity contribution >= 4 is 23.4 Å². The Morgan fingerprint density at radius 1 is 0.966 bits per heavy atom. The number of halogens is 1. The first-order valence-electron chi connectivity index (χ1n) is 9.19. The van der Waals surface area contributed by atoms with Gasteiger partial charge in [-0.05, 0) is 54.4 Å². The zero-order chi connectivity index (χ0) is 20.2. The molecule has 4 aromatic rings. The van der Waals surface area contributed by atoms with Crippen LogP contribution in [0.5, 0.6) is 5.75 Å². The summed E-state index contributed by atoms with van der Waals surface area (Å²) >= 11 is 7.76. The van der Waals surface area contributed by atoms with Gasteiger partial charge in [-0.3, -0.25) is 4.57 Å². The number of ether oxygens (including phenoxy) is 1. The van der Waals surface area contributed by atoms with E-state index >= 15 is 0 Å². The monoisotopic (exact) mass is 421 g/mol. The van der Waals surface area contributed by atoms with Gasteiger partial charge in [-0.2, -0.15) is 0 Å². The van der Waals surface area contributed by atoms with Crippen molar-refractivity contribution in [3.05, 3.63) is 88.9 Å². The highest BCUT2D eigenvalue weighted by molar-refractivity contribution is 7.98. The van der Waals surface area contributed by atoms with Crippen LogP contribution in [0.4, 0.5) is 0 Å². The molecule has 0 aliphatic carbocycles. The molecule has 6 heteroatoms. The summed E-state index contributed by atoms with van der Waals surface area (Å²) in [7, 11) is 1.67. The molecule has 1 aromatic heterocycles. The Bertz CT molecular complexity index is 1130. The zero-order valence-electron chi connectivity index (χ0n) is 16.2. The molecule has 1 heterocycles. The van der Waals surface area contributed by atoms with Crippen molar-refractivity contribution in [3.63, 3.8) is 0 Å². The molecule has 0 aliphatic heterocycles. The van der Waals surface area contributed by atoms with E-state index in [2.05, 4.69) is 39.9 Å². The second-order valence-corrected chi connectivity index (χ2v) is 7.95. The van der Waals surface area contributed by atoms with Crippen LogP contribution < -0.4 is 4.74 Å². The fourth-order valence-electron chi connectivity index (χ4n) is 3.10. The Hall–Kier alpha value is -2.76. The highest BCUT2D eigenvalue weighted by Gasteiger charge is 2.17. The van der Waals surface area contributed by atoms with Gasteiger partial charge < -0.3 is 4.74 Å². The number of aromatic nitrogens is 3. The van der Waals surface area contributed by atoms with Crippen LogP contribution in [0.3, 0.4) is 0 Å². The lowest BCUT2D eigenvalue weighted by molar-refractivity contribution is 0.414. The van der Waals surface area contributed by atoms with E-state index in [0.717, 1.165) is 49.9 Å². The second-order valence-electron chi connectivity index (χ2n) is 6.57. The maximum atomic E-state index is 6.13. The average molecular weight is 422 g/mol. The highest BCUT2D eigenvalue weighted by atomic mass is 35.5. The maximum absolute atomic E-state index is 6.13. The van der Waals surface area contributed by atoms with Gasteiger partial charge in [-0.15, -0.1) is 10.2 Å². The van der Waals surface area contributed by atoms with Crippen LogP contribution in [-0.4, -0.2) is 21.9 Å². The predicted molar refractivity (Wildman–Crippen MR) is 119 cm³/mol. The normalized spacial score (nSPS) is 10.9. The molecule has 146 valence electrons. The fraction of sp³-hybridized carbons (Fsp3) is 0.130. The molecule has 0 unspecified atom stereocenters. The van der Waals surface area contributed by atoms with Crippen molar-refractivity contribution in [2.75, 3.05) is 7.11 Å². The molecule has 0 radical (unpaired) electrons. The molecule has 0 fully saturated rings. The Morgan fingerprint density at radius 3 is 2.48 bits per heavy atom. The summed E-state index contributed by atoms with van der Waals surface area (Å²) in [6, 6.07) is 24.0. The van der Waals surface area contributed by atoms with Gasteiger partial charge in [0.15, 0.2) is 11.0 Å². The Morgan fingerprint density at radius 2 is 1.76 bits per heavy atom. The molecule has 0 aliphatic rings. The van der Waals surface area contributed by atoms with Gasteiger partial charge in [0.1, 0.15) is 5.75 Å². The fourth-order valence-corrected chi connectivity index (χ4v) is 4.21. The number of aryl methyl sites for hydroxylation is 1. The third-order valence-corrected chi connectivity index (χ3v) is 5.84. The van der Waals surface area contributed by atoms with E-state index in [1.165, 1.54) is 0 Å². The Balaban J connectivity index is 1.75. The van der Waals surface area contributed by atoms with Crippen LogP contribution >= 0.6 is 23.4 Å². The van der Waals surface area contributed by atoms with E-state index in [1.807, 2.05) is 54.6 Å². The van der Waals surface area contributed by atoms with E-state index < -0.39 is 0 Å². The minimum Gasteiger partial charge on any atom is -0.497 e. The molecule has 0 amide bonds. The topological polar surface area (TPSA) is 39.9 Å². The number of thioether (sulfide) groups is 1. The van der Waals surface area contributed by atoms with E-state index in [9.17, 15) is 0 Å². The first-order valence-corrected chi connectivity index (χ1v) is 10.5. The Kier molecular flexibility index (Phi) is 5.88. The van der Waals surface area contributed by atoms with Crippen LogP contribution in [0.1, 0.15) is 11.1 Å². The molecule has 0 saturated heterocycles. The zero-order valence-corrected chi connectivity index (χ0v) is 17.7. The number of nitrogens with zero attached hydrogens (tertiary/aromatic N) is 3. The van der Waals surface area contributed by atoms with Gasteiger partial charge in [-0.25, -0.2) is 0 Å². The van der Waals surface area contributed by atoms with E-state index in [-0.39, 0.29) is 0 Å². The summed E-state index contributed by atoms with van der Waals surface area (Å²) in [6.07, 6.45) is 0.